The quantitative estimate of drug-likeness (QED) is 0.0178. The van der Waals surface area contributed by atoms with Crippen LogP contribution in [0.1, 0.15) is 140 Å². The van der Waals surface area contributed by atoms with Crippen LogP contribution in [0.2, 0.25) is 0 Å². The molecule has 8 N–H and O–H groups in total. The largest absolute Gasteiger partial charge is 0.480 e. The third-order valence-corrected chi connectivity index (χ3v) is 20.5. The summed E-state index contributed by atoms with van der Waals surface area (Å²) >= 11 is 3.46. The third kappa shape index (κ3) is 21.3. The fraction of sp³-hybridized carbons (Fsp3) is 0.436. The van der Waals surface area contributed by atoms with Gasteiger partial charge in [0.1, 0.15) is 65.8 Å². The maximum atomic E-state index is 13.7. The Hall–Kier alpha value is -10.9. The highest BCUT2D eigenvalue weighted by Crippen LogP contribution is 2.38. The van der Waals surface area contributed by atoms with E-state index in [1.165, 1.54) is 54.2 Å². The Morgan fingerprint density at radius 3 is 1.89 bits per heavy atom. The normalized spacial score (nSPS) is 22.0. The van der Waals surface area contributed by atoms with Gasteiger partial charge in [0.25, 0.3) is 29.1 Å². The summed E-state index contributed by atoms with van der Waals surface area (Å²) in [5, 5.41) is 56.8. The average Bonchev–Trinajstić information content (AvgIpc) is 1.45. The Labute approximate surface area is 656 Å². The summed E-state index contributed by atoms with van der Waals surface area (Å²) in [4.78, 5) is 157. The van der Waals surface area contributed by atoms with Crippen LogP contribution >= 0.6 is 15.9 Å². The monoisotopic (exact) mass is 1620 g/mol. The van der Waals surface area contributed by atoms with Crippen LogP contribution < -0.4 is 32.1 Å². The number of aromatic nitrogens is 2. The van der Waals surface area contributed by atoms with E-state index in [2.05, 4.69) is 64.3 Å². The number of benzene rings is 4. The van der Waals surface area contributed by atoms with Crippen LogP contribution in [0.15, 0.2) is 120 Å². The molecular formula is C78H89BrN12O22. The molecule has 6 aromatic rings. The Morgan fingerprint density at radius 1 is 0.717 bits per heavy atom. The number of nitrogens with zero attached hydrogens (tertiary/aromatic N) is 6. The number of carboxylic acid groups (broad SMARTS) is 1. The van der Waals surface area contributed by atoms with Crippen LogP contribution in [-0.4, -0.2) is 189 Å². The van der Waals surface area contributed by atoms with Crippen LogP contribution in [0.5, 0.6) is 0 Å². The molecule has 600 valence electrons. The first-order chi connectivity index (χ1) is 53.9. The number of esters is 3. The summed E-state index contributed by atoms with van der Waals surface area (Å²) in [5.41, 5.74) is 6.21. The molecule has 7 heterocycles. The van der Waals surface area contributed by atoms with Gasteiger partial charge in [0.05, 0.1) is 70.8 Å². The molecule has 4 aromatic carbocycles. The van der Waals surface area contributed by atoms with Crippen molar-refractivity contribution in [2.45, 2.75) is 141 Å². The molecule has 35 heteroatoms. The number of cyclic esters (lactones) is 1. The van der Waals surface area contributed by atoms with Gasteiger partial charge in [-0.15, -0.1) is 6.58 Å². The first kappa shape index (κ1) is 84.5. The second-order valence-corrected chi connectivity index (χ2v) is 29.6. The molecule has 13 rings (SSSR count). The molecule has 8 atom stereocenters. The zero-order valence-electron chi connectivity index (χ0n) is 62.9. The number of carbonyl (C=O) groups excluding carboxylic acids is 9. The number of aliphatic hydroxyl groups is 1. The number of aliphatic hydroxyl groups excluding tert-OH is 1. The van der Waals surface area contributed by atoms with Crippen molar-refractivity contribution in [2.24, 2.45) is 22.7 Å². The van der Waals surface area contributed by atoms with Gasteiger partial charge in [-0.05, 0) is 146 Å². The van der Waals surface area contributed by atoms with E-state index in [-0.39, 0.29) is 110 Å². The highest BCUT2D eigenvalue weighted by atomic mass is 79.9. The number of carboxylic acids is 1. The number of hydrogen-bond donors (Lipinski definition) is 8. The highest BCUT2D eigenvalue weighted by molar-refractivity contribution is 9.10. The first-order valence-electron chi connectivity index (χ1n) is 36.7. The van der Waals surface area contributed by atoms with Gasteiger partial charge >= 0.3 is 23.9 Å². The smallest absolute Gasteiger partial charge is 0.353 e. The molecule has 113 heavy (non-hydrogen) atoms. The van der Waals surface area contributed by atoms with Crippen molar-refractivity contribution in [3.05, 3.63) is 180 Å². The van der Waals surface area contributed by atoms with Crippen molar-refractivity contribution in [1.29, 1.82) is 0 Å². The fourth-order valence-electron chi connectivity index (χ4n) is 13.0. The van der Waals surface area contributed by atoms with E-state index in [9.17, 15) is 73.3 Å². The van der Waals surface area contributed by atoms with E-state index < -0.39 is 104 Å². The number of ether oxygens (including phenoxy) is 6. The van der Waals surface area contributed by atoms with Crippen molar-refractivity contribution < 1.29 is 96.4 Å². The Balaban J connectivity index is 0.000000173. The summed E-state index contributed by atoms with van der Waals surface area (Å²) in [6.07, 6.45) is 8.26. The van der Waals surface area contributed by atoms with E-state index in [0.717, 1.165) is 75.4 Å². The summed E-state index contributed by atoms with van der Waals surface area (Å²) in [7, 11) is 0. The van der Waals surface area contributed by atoms with E-state index in [0.29, 0.717) is 44.5 Å². The highest BCUT2D eigenvalue weighted by Gasteiger charge is 2.48. The number of hydrazine groups is 2. The van der Waals surface area contributed by atoms with Crippen LogP contribution in [-0.2, 0) is 66.8 Å². The fourth-order valence-corrected chi connectivity index (χ4v) is 13.3. The zero-order valence-corrected chi connectivity index (χ0v) is 64.5. The molecule has 1 unspecified atom stereocenters. The van der Waals surface area contributed by atoms with E-state index in [1.807, 2.05) is 74.5 Å². The van der Waals surface area contributed by atoms with Gasteiger partial charge in [0.15, 0.2) is 6.10 Å². The van der Waals surface area contributed by atoms with Gasteiger partial charge in [0.2, 0.25) is 17.7 Å². The van der Waals surface area contributed by atoms with Crippen LogP contribution in [0.3, 0.4) is 0 Å². The molecular weight excluding hydrogens is 1540 g/mol. The number of halogens is 1. The predicted octanol–water partition coefficient (Wildman–Crippen LogP) is 7.06. The molecule has 0 radical (unpaired) electrons. The molecule has 7 aliphatic rings. The van der Waals surface area contributed by atoms with Gasteiger partial charge in [-0.2, -0.15) is 0 Å². The van der Waals surface area contributed by atoms with Crippen molar-refractivity contribution in [3.63, 3.8) is 0 Å². The number of rotatable bonds is 14. The number of amides is 6. The molecule has 34 nitrogen and oxygen atoms in total. The molecule has 6 fully saturated rings. The van der Waals surface area contributed by atoms with Crippen LogP contribution in [0, 0.1) is 56.7 Å². The minimum atomic E-state index is -1.26. The lowest BCUT2D eigenvalue weighted by molar-refractivity contribution is -0.385. The third-order valence-electron chi connectivity index (χ3n) is 20.0. The lowest BCUT2D eigenvalue weighted by Crippen LogP contribution is -2.61. The van der Waals surface area contributed by atoms with Gasteiger partial charge in [0, 0.05) is 46.4 Å². The number of nitro groups is 2. The second kappa shape index (κ2) is 37.6. The maximum Gasteiger partial charge on any atom is 0.353 e. The topological polar surface area (TPSA) is 457 Å². The molecule has 5 bridgehead atoms. The summed E-state index contributed by atoms with van der Waals surface area (Å²) in [5.74, 6) is -6.46. The number of hydrogen-bond acceptors (Lipinski definition) is 25. The number of pyridine rings is 2. The lowest BCUT2D eigenvalue weighted by Gasteiger charge is -2.35. The van der Waals surface area contributed by atoms with E-state index in [1.54, 1.807) is 26.0 Å². The number of nitrogens with one attached hydrogen (secondary N) is 6. The lowest BCUT2D eigenvalue weighted by atomic mass is 9.88. The zero-order chi connectivity index (χ0) is 81.6. The summed E-state index contributed by atoms with van der Waals surface area (Å²) in [6.45, 7) is 14.6. The Bertz CT molecular complexity index is 4600. The number of carbonyl (C=O) groups is 10. The van der Waals surface area contributed by atoms with Gasteiger partial charge in [-0.3, -0.25) is 78.6 Å². The summed E-state index contributed by atoms with van der Waals surface area (Å²) in [6, 6.07) is 23.6. The molecule has 2 aliphatic carbocycles. The van der Waals surface area contributed by atoms with Crippen molar-refractivity contribution >= 4 is 115 Å². The average molecular weight is 1630 g/mol. The van der Waals surface area contributed by atoms with Crippen molar-refractivity contribution in [3.8, 4) is 0 Å². The standard InChI is InChI=1S/C31H37N5O7.C24H30BrN5O4.C16H12N2O7.C7H10O4/c1-18-23-10-9-21-6-5-20(14-25(21)34-23)11-12-31(15-41-17-42-16-31)30(40)43-26(22-7-8-22)28(38)33-19(2)29(39)36-13-3-4-24(35-36)27(37)32-18;1-13(18-10-8-15-7-9-17(25)12-20(15)28-18)26-22(32)19-4-3-11-30(29-19)24(34)14(2)27-23(33)21(31)16-5-6-16;1-9-5-3-7-11(17(21)22)13(9)15(19)25-16(20)14-10(2)6-4-8-12(14)18(23)24;1-2-7(6(8)9)3-10-5-11-4-7/h5-6,9-12,14,18-19,22,24,26,35H,3-4,7-8,13,15-17H2,1-2H3,(H,32,37)(H,33,38);7-10,12-14,16,19,21,29,31H,3-6,11H2,1-2H3,(H,26,32)(H,27,33);3-8H,1-2H3;2H,1,3-5H2,(H,8,9)/b12-11+;;;/t18-,19+,24+,26+;13-,14+,19+,21?;;/m11../s1. The predicted molar refractivity (Wildman–Crippen MR) is 407 cm³/mol. The first-order valence-corrected chi connectivity index (χ1v) is 37.5. The molecule has 1 spiro atoms. The molecule has 6 amide bonds. The summed E-state index contributed by atoms with van der Waals surface area (Å²) < 4.78 is 32.3. The van der Waals surface area contributed by atoms with Gasteiger partial charge < -0.3 is 59.9 Å². The van der Waals surface area contributed by atoms with E-state index >= 15 is 0 Å². The molecule has 2 saturated carbocycles. The maximum absolute atomic E-state index is 13.7. The molecule has 5 aliphatic heterocycles. The number of nitro benzene ring substituents is 2. The van der Waals surface area contributed by atoms with Crippen LogP contribution in [0.4, 0.5) is 11.4 Å². The number of aliphatic carboxylic acids is 1. The van der Waals surface area contributed by atoms with Crippen molar-refractivity contribution in [2.75, 3.05) is 53.1 Å². The second-order valence-electron chi connectivity index (χ2n) is 28.7. The SMILES string of the molecule is C=CC1(C(=O)O)COCOC1.C[C@@H]1NC(=O)[C@H](C2CC2)OC(=O)C2(/C=C/c3ccc4ccc(nc4c3)[C@@H](C)NC(=O)[C@@H]3CCCN(N3)C1=O)COCOC2.C[C@H](NC(=O)C(O)C1CC1)C(=O)N1CCC[C@@H](C(=O)N[C@H](C)c2ccc3ccc(Br)cc3n2)N1.Cc1cccc([N+](=O)[O-])c1C(=O)OC(=O)c1c(C)cccc1[N+](=O)[O-]. The van der Waals surface area contributed by atoms with E-state index in [4.69, 9.17) is 33.8 Å². The van der Waals surface area contributed by atoms with Gasteiger partial charge in [-0.1, -0.05) is 88.8 Å². The Morgan fingerprint density at radius 2 is 1.30 bits per heavy atom. The Kier molecular flexibility index (Phi) is 28.1. The molecule has 2 aromatic heterocycles. The number of aryl methyl sites for hydroxylation is 2. The number of fused-ring (bicyclic) bond motifs is 5. The van der Waals surface area contributed by atoms with Crippen LogP contribution in [0.25, 0.3) is 27.9 Å². The molecule has 4 saturated heterocycles. The van der Waals surface area contributed by atoms with Gasteiger partial charge in [-0.25, -0.2) is 20.4 Å². The minimum absolute atomic E-state index is 0.0101. The van der Waals surface area contributed by atoms with Crippen molar-refractivity contribution in [1.82, 2.24) is 52.1 Å². The minimum Gasteiger partial charge on any atom is -0.480 e.